The molecule has 0 spiro atoms. The average Bonchev–Trinajstić information content (AvgIpc) is 2.46. The maximum absolute atomic E-state index is 10.8. The van der Waals surface area contributed by atoms with E-state index in [4.69, 9.17) is 17.3 Å². The first-order chi connectivity index (χ1) is 6.59. The van der Waals surface area contributed by atoms with Crippen LogP contribution in [0.1, 0.15) is 0 Å². The summed E-state index contributed by atoms with van der Waals surface area (Å²) in [5, 5.41) is 14.8. The van der Waals surface area contributed by atoms with Crippen molar-refractivity contribution in [1.82, 2.24) is 20.9 Å². The first-order valence-corrected chi connectivity index (χ1v) is 4.26. The van der Waals surface area contributed by atoms with Gasteiger partial charge in [-0.1, -0.05) is 12.2 Å². The van der Waals surface area contributed by atoms with Crippen molar-refractivity contribution in [1.29, 1.82) is 0 Å². The molecular weight excluding hydrogens is 204 g/mol. The Labute approximate surface area is 85.4 Å². The molecule has 0 fully saturated rings. The quantitative estimate of drug-likeness (QED) is 0.499. The SMILES string of the molecule is CN1C=C2NC=C(C(=O)O)C(=S)N2N1. The maximum atomic E-state index is 10.8. The van der Waals surface area contributed by atoms with Gasteiger partial charge in [0.15, 0.2) is 0 Å². The minimum Gasteiger partial charge on any atom is -0.478 e. The van der Waals surface area contributed by atoms with Gasteiger partial charge >= 0.3 is 5.97 Å². The number of aliphatic carboxylic acids is 1. The lowest BCUT2D eigenvalue weighted by atomic mass is 10.2. The topological polar surface area (TPSA) is 67.8 Å². The van der Waals surface area contributed by atoms with E-state index >= 15 is 0 Å². The molecule has 2 aliphatic rings. The summed E-state index contributed by atoms with van der Waals surface area (Å²) in [6.45, 7) is 0. The first-order valence-electron chi connectivity index (χ1n) is 3.85. The molecule has 0 saturated heterocycles. The Bertz CT molecular complexity index is 376. The molecule has 3 N–H and O–H groups in total. The number of carbonyl (C=O) groups is 1. The van der Waals surface area contributed by atoms with Gasteiger partial charge < -0.3 is 10.4 Å². The molecule has 2 rings (SSSR count). The van der Waals surface area contributed by atoms with Crippen LogP contribution in [-0.2, 0) is 4.79 Å². The lowest BCUT2D eigenvalue weighted by Gasteiger charge is -2.26. The Morgan fingerprint density at radius 1 is 1.64 bits per heavy atom. The summed E-state index contributed by atoms with van der Waals surface area (Å²) in [5.41, 5.74) is 2.93. The average molecular weight is 212 g/mol. The second-order valence-corrected chi connectivity index (χ2v) is 3.26. The number of nitrogens with one attached hydrogen (secondary N) is 2. The predicted octanol–water partition coefficient (Wildman–Crippen LogP) is -0.649. The Kier molecular flexibility index (Phi) is 1.90. The van der Waals surface area contributed by atoms with Crippen LogP contribution in [-0.4, -0.2) is 33.1 Å². The Hall–Kier alpha value is -1.60. The van der Waals surface area contributed by atoms with E-state index < -0.39 is 5.97 Å². The highest BCUT2D eigenvalue weighted by Gasteiger charge is 2.30. The number of thiocarbonyl (C=S) groups is 1. The van der Waals surface area contributed by atoms with E-state index in [1.807, 2.05) is 0 Å². The van der Waals surface area contributed by atoms with Gasteiger partial charge in [0, 0.05) is 13.2 Å². The molecule has 0 atom stereocenters. The normalized spacial score (nSPS) is 19.9. The van der Waals surface area contributed by atoms with Gasteiger partial charge in [0.05, 0.1) is 6.20 Å². The molecule has 2 heterocycles. The van der Waals surface area contributed by atoms with Gasteiger partial charge in [-0.2, -0.15) is 0 Å². The van der Waals surface area contributed by atoms with Gasteiger partial charge in [0.1, 0.15) is 16.4 Å². The molecule has 0 aromatic carbocycles. The molecule has 0 amide bonds. The Morgan fingerprint density at radius 2 is 2.36 bits per heavy atom. The molecule has 0 bridgehead atoms. The van der Waals surface area contributed by atoms with Gasteiger partial charge in [-0.05, 0) is 0 Å². The van der Waals surface area contributed by atoms with Crippen LogP contribution in [0.3, 0.4) is 0 Å². The zero-order valence-electron chi connectivity index (χ0n) is 7.31. The highest BCUT2D eigenvalue weighted by Crippen LogP contribution is 2.17. The van der Waals surface area contributed by atoms with E-state index in [0.717, 1.165) is 0 Å². The van der Waals surface area contributed by atoms with Crippen LogP contribution in [0.15, 0.2) is 23.8 Å². The van der Waals surface area contributed by atoms with Crippen LogP contribution in [0.25, 0.3) is 0 Å². The van der Waals surface area contributed by atoms with Crippen LogP contribution in [0.5, 0.6) is 0 Å². The van der Waals surface area contributed by atoms with Gasteiger partial charge in [-0.25, -0.2) is 9.80 Å². The third kappa shape index (κ3) is 1.22. The van der Waals surface area contributed by atoms with Crippen molar-refractivity contribution in [3.8, 4) is 0 Å². The number of nitrogens with zero attached hydrogens (tertiary/aromatic N) is 2. The van der Waals surface area contributed by atoms with E-state index in [2.05, 4.69) is 10.9 Å². The lowest BCUT2D eigenvalue weighted by Crippen LogP contribution is -2.47. The largest absolute Gasteiger partial charge is 0.478 e. The molecule has 0 unspecified atom stereocenters. The van der Waals surface area contributed by atoms with Crippen molar-refractivity contribution in [2.75, 3.05) is 7.05 Å². The second-order valence-electron chi connectivity index (χ2n) is 2.87. The monoisotopic (exact) mass is 212 g/mol. The number of hydrogen-bond acceptors (Lipinski definition) is 5. The van der Waals surface area contributed by atoms with Crippen LogP contribution in [0.2, 0.25) is 0 Å². The molecule has 7 heteroatoms. The van der Waals surface area contributed by atoms with Crippen molar-refractivity contribution in [3.63, 3.8) is 0 Å². The van der Waals surface area contributed by atoms with Crippen molar-refractivity contribution in [3.05, 3.63) is 23.8 Å². The van der Waals surface area contributed by atoms with E-state index in [0.29, 0.717) is 5.82 Å². The number of hydrazine groups is 2. The lowest BCUT2D eigenvalue weighted by molar-refractivity contribution is -0.132. The van der Waals surface area contributed by atoms with E-state index in [-0.39, 0.29) is 10.6 Å². The third-order valence-electron chi connectivity index (χ3n) is 1.84. The summed E-state index contributed by atoms with van der Waals surface area (Å²) in [6, 6.07) is 0. The number of fused-ring (bicyclic) bond motifs is 1. The molecule has 0 aromatic rings. The summed E-state index contributed by atoms with van der Waals surface area (Å²) >= 11 is 5.00. The third-order valence-corrected chi connectivity index (χ3v) is 2.25. The summed E-state index contributed by atoms with van der Waals surface area (Å²) in [6.07, 6.45) is 3.15. The summed E-state index contributed by atoms with van der Waals surface area (Å²) < 4.78 is 0. The van der Waals surface area contributed by atoms with Crippen LogP contribution < -0.4 is 10.9 Å². The highest BCUT2D eigenvalue weighted by molar-refractivity contribution is 7.80. The highest BCUT2D eigenvalue weighted by atomic mass is 32.1. The van der Waals surface area contributed by atoms with Gasteiger partial charge in [-0.3, -0.25) is 5.01 Å². The Morgan fingerprint density at radius 3 is 3.00 bits per heavy atom. The molecule has 6 nitrogen and oxygen atoms in total. The number of carboxylic acids is 1. The number of hydrogen-bond donors (Lipinski definition) is 3. The van der Waals surface area contributed by atoms with Crippen LogP contribution in [0.4, 0.5) is 0 Å². The van der Waals surface area contributed by atoms with Crippen molar-refractivity contribution in [2.24, 2.45) is 0 Å². The molecule has 0 saturated carbocycles. The summed E-state index contributed by atoms with van der Waals surface area (Å²) in [7, 11) is 1.79. The number of rotatable bonds is 1. The fourth-order valence-electron chi connectivity index (χ4n) is 1.22. The minimum atomic E-state index is -1.04. The van der Waals surface area contributed by atoms with E-state index in [1.54, 1.807) is 18.3 Å². The molecule has 0 radical (unpaired) electrons. The molecule has 2 aliphatic heterocycles. The molecule has 0 aromatic heterocycles. The molecule has 74 valence electrons. The molecule has 0 aliphatic carbocycles. The fourth-order valence-corrected chi connectivity index (χ4v) is 1.51. The van der Waals surface area contributed by atoms with Crippen molar-refractivity contribution < 1.29 is 9.90 Å². The zero-order chi connectivity index (χ0) is 10.3. The van der Waals surface area contributed by atoms with E-state index in [9.17, 15) is 4.79 Å². The molecule has 14 heavy (non-hydrogen) atoms. The zero-order valence-corrected chi connectivity index (χ0v) is 8.13. The maximum Gasteiger partial charge on any atom is 0.340 e. The summed E-state index contributed by atoms with van der Waals surface area (Å²) in [5.74, 6) is -0.333. The second kappa shape index (κ2) is 2.96. The van der Waals surface area contributed by atoms with Gasteiger partial charge in [0.2, 0.25) is 0 Å². The van der Waals surface area contributed by atoms with Crippen LogP contribution in [0, 0.1) is 0 Å². The Balaban J connectivity index is 2.31. The van der Waals surface area contributed by atoms with Crippen molar-refractivity contribution in [2.45, 2.75) is 0 Å². The van der Waals surface area contributed by atoms with Gasteiger partial charge in [0.25, 0.3) is 0 Å². The first kappa shape index (κ1) is 8.97. The minimum absolute atomic E-state index is 0.0694. The number of carboxylic acid groups (broad SMARTS) is 1. The standard InChI is InChI=1S/C7H8N4O2S/c1-10-3-5-8-2-4(7(12)13)6(14)11(5)9-10/h2-3,8-9H,1H3,(H,12,13). The summed E-state index contributed by atoms with van der Waals surface area (Å²) in [4.78, 5) is 11.0. The van der Waals surface area contributed by atoms with E-state index in [1.165, 1.54) is 11.2 Å². The fraction of sp³-hybridized carbons (Fsp3) is 0.143. The van der Waals surface area contributed by atoms with Gasteiger partial charge in [-0.15, -0.1) is 5.53 Å². The molecular formula is C7H8N4O2S. The van der Waals surface area contributed by atoms with Crippen LogP contribution >= 0.6 is 12.2 Å². The smallest absolute Gasteiger partial charge is 0.340 e. The predicted molar refractivity (Wildman–Crippen MR) is 52.3 cm³/mol. The van der Waals surface area contributed by atoms with Crippen molar-refractivity contribution >= 4 is 23.2 Å².